The monoisotopic (exact) mass is 260 g/mol. The highest BCUT2D eigenvalue weighted by molar-refractivity contribution is 7.09. The third kappa shape index (κ3) is 2.32. The maximum Gasteiger partial charge on any atom is 0.0794 e. The standard InChI is InChI=1S/C14H16N2OS/c1-15-14(5-13-6-16-9-18-13)10-2-3-11-7-17-8-12(11)4-10/h2-4,6,9,14-15H,5,7-8H2,1H3. The van der Waals surface area contributed by atoms with E-state index in [4.69, 9.17) is 4.74 Å². The van der Waals surface area contributed by atoms with Gasteiger partial charge in [0.25, 0.3) is 0 Å². The van der Waals surface area contributed by atoms with Gasteiger partial charge in [0, 0.05) is 23.5 Å². The summed E-state index contributed by atoms with van der Waals surface area (Å²) in [6.07, 6.45) is 2.94. The van der Waals surface area contributed by atoms with Crippen LogP contribution in [0.4, 0.5) is 0 Å². The summed E-state index contributed by atoms with van der Waals surface area (Å²) in [4.78, 5) is 5.44. The molecule has 3 nitrogen and oxygen atoms in total. The molecule has 0 bridgehead atoms. The maximum atomic E-state index is 5.46. The summed E-state index contributed by atoms with van der Waals surface area (Å²) in [6.45, 7) is 1.51. The van der Waals surface area contributed by atoms with Gasteiger partial charge in [-0.25, -0.2) is 0 Å². The van der Waals surface area contributed by atoms with E-state index < -0.39 is 0 Å². The van der Waals surface area contributed by atoms with Crippen molar-refractivity contribution in [2.75, 3.05) is 7.05 Å². The first-order valence-corrected chi connectivity index (χ1v) is 6.99. The third-order valence-corrected chi connectivity index (χ3v) is 4.19. The molecule has 0 saturated carbocycles. The van der Waals surface area contributed by atoms with Crippen molar-refractivity contribution in [2.24, 2.45) is 0 Å². The number of thiazole rings is 1. The van der Waals surface area contributed by atoms with Gasteiger partial charge in [-0.15, -0.1) is 11.3 Å². The van der Waals surface area contributed by atoms with Crippen LogP contribution in [0.15, 0.2) is 29.9 Å². The number of ether oxygens (including phenoxy) is 1. The summed E-state index contributed by atoms with van der Waals surface area (Å²) in [5.41, 5.74) is 5.87. The molecular weight excluding hydrogens is 244 g/mol. The smallest absolute Gasteiger partial charge is 0.0794 e. The molecule has 2 heterocycles. The Morgan fingerprint density at radius 3 is 3.06 bits per heavy atom. The minimum Gasteiger partial charge on any atom is -0.372 e. The van der Waals surface area contributed by atoms with Crippen molar-refractivity contribution in [1.29, 1.82) is 0 Å². The van der Waals surface area contributed by atoms with Crippen LogP contribution in [0, 0.1) is 0 Å². The number of fused-ring (bicyclic) bond motifs is 1. The zero-order valence-electron chi connectivity index (χ0n) is 10.3. The summed E-state index contributed by atoms with van der Waals surface area (Å²) < 4.78 is 5.46. The van der Waals surface area contributed by atoms with Crippen LogP contribution in [0.25, 0.3) is 0 Å². The molecule has 3 rings (SSSR count). The van der Waals surface area contributed by atoms with Crippen molar-refractivity contribution in [3.63, 3.8) is 0 Å². The minimum atomic E-state index is 0.344. The largest absolute Gasteiger partial charge is 0.372 e. The normalized spacial score (nSPS) is 15.6. The van der Waals surface area contributed by atoms with E-state index in [0.717, 1.165) is 19.6 Å². The number of benzene rings is 1. The molecule has 1 aromatic carbocycles. The molecule has 1 atom stereocenters. The van der Waals surface area contributed by atoms with E-state index in [1.54, 1.807) is 11.3 Å². The molecule has 0 saturated heterocycles. The first-order valence-electron chi connectivity index (χ1n) is 6.11. The van der Waals surface area contributed by atoms with Gasteiger partial charge in [-0.1, -0.05) is 18.2 Å². The number of hydrogen-bond donors (Lipinski definition) is 1. The molecule has 2 aromatic rings. The second-order valence-electron chi connectivity index (χ2n) is 4.53. The average Bonchev–Trinajstić information content (AvgIpc) is 3.06. The van der Waals surface area contributed by atoms with Crippen LogP contribution in [0.5, 0.6) is 0 Å². The highest BCUT2D eigenvalue weighted by Gasteiger charge is 2.16. The number of hydrogen-bond acceptors (Lipinski definition) is 4. The highest BCUT2D eigenvalue weighted by Crippen LogP contribution is 2.26. The molecule has 0 aliphatic carbocycles. The van der Waals surface area contributed by atoms with Gasteiger partial charge in [0.15, 0.2) is 0 Å². The Balaban J connectivity index is 1.83. The van der Waals surface area contributed by atoms with Crippen LogP contribution in [0.3, 0.4) is 0 Å². The molecular formula is C14H16N2OS. The Hall–Kier alpha value is -1.23. The number of nitrogens with one attached hydrogen (secondary N) is 1. The number of aromatic nitrogens is 1. The van der Waals surface area contributed by atoms with Crippen LogP contribution in [-0.2, 0) is 24.4 Å². The van der Waals surface area contributed by atoms with Crippen molar-refractivity contribution >= 4 is 11.3 Å². The summed E-state index contributed by atoms with van der Waals surface area (Å²) in [5.74, 6) is 0. The summed E-state index contributed by atoms with van der Waals surface area (Å²) in [7, 11) is 2.01. The van der Waals surface area contributed by atoms with Crippen molar-refractivity contribution in [3.05, 3.63) is 51.5 Å². The van der Waals surface area contributed by atoms with Gasteiger partial charge in [-0.3, -0.25) is 4.98 Å². The third-order valence-electron chi connectivity index (χ3n) is 3.39. The molecule has 1 aromatic heterocycles. The lowest BCUT2D eigenvalue weighted by Gasteiger charge is -2.16. The Bertz CT molecular complexity index is 525. The molecule has 94 valence electrons. The summed E-state index contributed by atoms with van der Waals surface area (Å²) >= 11 is 1.71. The molecule has 18 heavy (non-hydrogen) atoms. The lowest BCUT2D eigenvalue weighted by atomic mass is 9.99. The van der Waals surface area contributed by atoms with E-state index in [1.165, 1.54) is 21.6 Å². The van der Waals surface area contributed by atoms with E-state index in [9.17, 15) is 0 Å². The molecule has 0 amide bonds. The van der Waals surface area contributed by atoms with Gasteiger partial charge in [0.1, 0.15) is 0 Å². The van der Waals surface area contributed by atoms with E-state index in [-0.39, 0.29) is 0 Å². The van der Waals surface area contributed by atoms with Gasteiger partial charge in [-0.05, 0) is 23.7 Å². The zero-order chi connectivity index (χ0) is 12.4. The van der Waals surface area contributed by atoms with Crippen molar-refractivity contribution < 1.29 is 4.74 Å². The van der Waals surface area contributed by atoms with E-state index in [2.05, 4.69) is 28.5 Å². The van der Waals surface area contributed by atoms with E-state index >= 15 is 0 Å². The minimum absolute atomic E-state index is 0.344. The van der Waals surface area contributed by atoms with Gasteiger partial charge >= 0.3 is 0 Å². The first-order chi connectivity index (χ1) is 8.86. The Morgan fingerprint density at radius 1 is 1.39 bits per heavy atom. The second kappa shape index (κ2) is 5.18. The Morgan fingerprint density at radius 2 is 2.28 bits per heavy atom. The first kappa shape index (κ1) is 11.8. The zero-order valence-corrected chi connectivity index (χ0v) is 11.2. The quantitative estimate of drug-likeness (QED) is 0.917. The molecule has 0 radical (unpaired) electrons. The number of likely N-dealkylation sites (N-methyl/N-ethyl adjacent to an activating group) is 1. The van der Waals surface area contributed by atoms with Crippen molar-refractivity contribution in [1.82, 2.24) is 10.3 Å². The molecule has 1 aliphatic rings. The second-order valence-corrected chi connectivity index (χ2v) is 5.50. The number of nitrogens with zero attached hydrogens (tertiary/aromatic N) is 1. The maximum absolute atomic E-state index is 5.46. The van der Waals surface area contributed by atoms with Crippen LogP contribution in [0.2, 0.25) is 0 Å². The topological polar surface area (TPSA) is 34.2 Å². The van der Waals surface area contributed by atoms with Crippen LogP contribution in [-0.4, -0.2) is 12.0 Å². The molecule has 4 heteroatoms. The highest BCUT2D eigenvalue weighted by atomic mass is 32.1. The number of rotatable bonds is 4. The lowest BCUT2D eigenvalue weighted by Crippen LogP contribution is -2.18. The summed E-state index contributed by atoms with van der Waals surface area (Å²) in [5, 5.41) is 3.39. The predicted octanol–water partition coefficient (Wildman–Crippen LogP) is 2.68. The van der Waals surface area contributed by atoms with E-state index in [1.807, 2.05) is 18.8 Å². The van der Waals surface area contributed by atoms with Crippen LogP contribution >= 0.6 is 11.3 Å². The predicted molar refractivity (Wildman–Crippen MR) is 72.6 cm³/mol. The Kier molecular flexibility index (Phi) is 3.41. The fraction of sp³-hybridized carbons (Fsp3) is 0.357. The SMILES string of the molecule is CNC(Cc1cncs1)c1ccc2c(c1)COC2. The van der Waals surface area contributed by atoms with Crippen molar-refractivity contribution in [3.8, 4) is 0 Å². The van der Waals surface area contributed by atoms with Gasteiger partial charge < -0.3 is 10.1 Å². The fourth-order valence-corrected chi connectivity index (χ4v) is 2.98. The molecule has 1 aliphatic heterocycles. The molecule has 0 fully saturated rings. The van der Waals surface area contributed by atoms with E-state index in [0.29, 0.717) is 6.04 Å². The van der Waals surface area contributed by atoms with Crippen LogP contribution < -0.4 is 5.32 Å². The van der Waals surface area contributed by atoms with Crippen LogP contribution in [0.1, 0.15) is 27.6 Å². The molecule has 1 N–H and O–H groups in total. The fourth-order valence-electron chi connectivity index (χ4n) is 2.34. The Labute approximate surface area is 111 Å². The molecule has 0 spiro atoms. The molecule has 1 unspecified atom stereocenters. The lowest BCUT2D eigenvalue weighted by molar-refractivity contribution is 0.134. The van der Waals surface area contributed by atoms with Crippen molar-refractivity contribution in [2.45, 2.75) is 25.7 Å². The van der Waals surface area contributed by atoms with Gasteiger partial charge in [-0.2, -0.15) is 0 Å². The van der Waals surface area contributed by atoms with Gasteiger partial charge in [0.2, 0.25) is 0 Å². The van der Waals surface area contributed by atoms with Gasteiger partial charge in [0.05, 0.1) is 18.7 Å². The summed E-state index contributed by atoms with van der Waals surface area (Å²) in [6, 6.07) is 7.01. The average molecular weight is 260 g/mol.